The summed E-state index contributed by atoms with van der Waals surface area (Å²) in [6, 6.07) is 4.93. The van der Waals surface area contributed by atoms with Crippen LogP contribution in [0.4, 0.5) is 23.7 Å². The molecule has 1 atom stereocenters. The molecule has 0 unspecified atom stereocenters. The fraction of sp³-hybridized carbons (Fsp3) is 0.529. The molecular weight excluding hydrogens is 367 g/mol. The van der Waals surface area contributed by atoms with Crippen molar-refractivity contribution in [3.63, 3.8) is 0 Å². The summed E-state index contributed by atoms with van der Waals surface area (Å²) >= 11 is -0.199. The molecule has 0 bridgehead atoms. The first-order chi connectivity index (χ1) is 12.3. The van der Waals surface area contributed by atoms with Crippen molar-refractivity contribution in [1.82, 2.24) is 10.2 Å². The number of nitrogens with one attached hydrogen (secondary N) is 2. The van der Waals surface area contributed by atoms with Gasteiger partial charge >= 0.3 is 11.5 Å². The molecule has 5 nitrogen and oxygen atoms in total. The van der Waals surface area contributed by atoms with Crippen LogP contribution in [0.1, 0.15) is 25.7 Å². The lowest BCUT2D eigenvalue weighted by Crippen LogP contribution is -2.50. The normalized spacial score (nSPS) is 20.6. The second-order valence-corrected chi connectivity index (χ2v) is 7.71. The lowest BCUT2D eigenvalue weighted by atomic mass is 10.1. The third-order valence-corrected chi connectivity index (χ3v) is 5.08. The molecule has 2 fully saturated rings. The highest BCUT2D eigenvalue weighted by atomic mass is 32.2. The number of carbonyl (C=O) groups excluding carboxylic acids is 2. The van der Waals surface area contributed by atoms with E-state index in [9.17, 15) is 22.8 Å². The monoisotopic (exact) mass is 387 g/mol. The van der Waals surface area contributed by atoms with Gasteiger partial charge in [0.2, 0.25) is 5.91 Å². The predicted octanol–water partition coefficient (Wildman–Crippen LogP) is 3.82. The van der Waals surface area contributed by atoms with Gasteiger partial charge in [0.05, 0.1) is 0 Å². The molecule has 1 aliphatic carbocycles. The van der Waals surface area contributed by atoms with Crippen molar-refractivity contribution in [1.29, 1.82) is 0 Å². The summed E-state index contributed by atoms with van der Waals surface area (Å²) in [4.78, 5) is 26.1. The maximum Gasteiger partial charge on any atom is 0.446 e. The van der Waals surface area contributed by atoms with Gasteiger partial charge in [0, 0.05) is 35.6 Å². The molecule has 1 heterocycles. The Bertz CT molecular complexity index is 662. The number of alkyl halides is 3. The molecule has 26 heavy (non-hydrogen) atoms. The van der Waals surface area contributed by atoms with Gasteiger partial charge in [0.25, 0.3) is 0 Å². The fourth-order valence-electron chi connectivity index (χ4n) is 2.98. The fourth-order valence-corrected chi connectivity index (χ4v) is 3.52. The van der Waals surface area contributed by atoms with Crippen LogP contribution in [-0.4, -0.2) is 41.5 Å². The summed E-state index contributed by atoms with van der Waals surface area (Å²) in [5.74, 6) is 0.338. The minimum Gasteiger partial charge on any atom is -0.340 e. The molecule has 2 N–H and O–H groups in total. The minimum absolute atomic E-state index is 0.0602. The van der Waals surface area contributed by atoms with Crippen LogP contribution >= 0.6 is 11.8 Å². The first kappa shape index (κ1) is 18.9. The molecule has 1 aromatic rings. The predicted molar refractivity (Wildman–Crippen MR) is 92.8 cm³/mol. The van der Waals surface area contributed by atoms with Gasteiger partial charge in [-0.05, 0) is 61.7 Å². The summed E-state index contributed by atoms with van der Waals surface area (Å²) in [5, 5.41) is 5.45. The third-order valence-electron chi connectivity index (χ3n) is 4.34. The van der Waals surface area contributed by atoms with Gasteiger partial charge in [-0.1, -0.05) is 0 Å². The molecular formula is C17H20F3N3O2S. The number of hydrogen-bond donors (Lipinski definition) is 2. The highest BCUT2D eigenvalue weighted by molar-refractivity contribution is 8.00. The largest absolute Gasteiger partial charge is 0.446 e. The van der Waals surface area contributed by atoms with Gasteiger partial charge < -0.3 is 15.5 Å². The van der Waals surface area contributed by atoms with Gasteiger partial charge in [0.15, 0.2) is 0 Å². The number of benzene rings is 1. The Morgan fingerprint density at radius 3 is 2.42 bits per heavy atom. The molecule has 142 valence electrons. The van der Waals surface area contributed by atoms with E-state index in [0.717, 1.165) is 32.2 Å². The van der Waals surface area contributed by atoms with E-state index >= 15 is 0 Å². The van der Waals surface area contributed by atoms with Crippen LogP contribution in [0.5, 0.6) is 0 Å². The smallest absolute Gasteiger partial charge is 0.340 e. The van der Waals surface area contributed by atoms with Crippen molar-refractivity contribution < 1.29 is 22.8 Å². The van der Waals surface area contributed by atoms with E-state index in [1.807, 2.05) is 4.90 Å². The lowest BCUT2D eigenvalue weighted by Gasteiger charge is -2.33. The van der Waals surface area contributed by atoms with Crippen LogP contribution in [0.3, 0.4) is 0 Å². The van der Waals surface area contributed by atoms with E-state index in [0.29, 0.717) is 12.2 Å². The topological polar surface area (TPSA) is 61.4 Å². The summed E-state index contributed by atoms with van der Waals surface area (Å²) in [6.45, 7) is 1.23. The Morgan fingerprint density at radius 2 is 1.81 bits per heavy atom. The number of hydrogen-bond acceptors (Lipinski definition) is 3. The van der Waals surface area contributed by atoms with E-state index in [1.54, 1.807) is 0 Å². The number of amides is 3. The zero-order chi connectivity index (χ0) is 18.7. The number of carbonyl (C=O) groups is 2. The van der Waals surface area contributed by atoms with Crippen LogP contribution < -0.4 is 10.6 Å². The number of anilines is 1. The Balaban J connectivity index is 1.48. The van der Waals surface area contributed by atoms with E-state index < -0.39 is 11.5 Å². The average Bonchev–Trinajstić information content (AvgIpc) is 3.40. The Kier molecular flexibility index (Phi) is 5.64. The minimum atomic E-state index is -4.34. The van der Waals surface area contributed by atoms with Crippen molar-refractivity contribution in [3.8, 4) is 0 Å². The van der Waals surface area contributed by atoms with Gasteiger partial charge in [-0.15, -0.1) is 0 Å². The molecule has 0 aromatic heterocycles. The van der Waals surface area contributed by atoms with Gasteiger partial charge in [-0.2, -0.15) is 13.2 Å². The van der Waals surface area contributed by atoms with Crippen LogP contribution in [0.15, 0.2) is 29.2 Å². The van der Waals surface area contributed by atoms with Gasteiger partial charge in [0.1, 0.15) is 0 Å². The van der Waals surface area contributed by atoms with Crippen molar-refractivity contribution >= 4 is 29.4 Å². The van der Waals surface area contributed by atoms with Crippen LogP contribution in [0.2, 0.25) is 0 Å². The van der Waals surface area contributed by atoms with E-state index in [1.165, 1.54) is 24.3 Å². The lowest BCUT2D eigenvalue weighted by molar-refractivity contribution is -0.133. The summed E-state index contributed by atoms with van der Waals surface area (Å²) in [5.41, 5.74) is -3.92. The van der Waals surface area contributed by atoms with Crippen molar-refractivity contribution in [2.75, 3.05) is 18.4 Å². The molecule has 3 rings (SSSR count). The van der Waals surface area contributed by atoms with Crippen LogP contribution in [-0.2, 0) is 4.79 Å². The Hall–Kier alpha value is -1.90. The number of rotatable bonds is 4. The summed E-state index contributed by atoms with van der Waals surface area (Å²) in [6.07, 6.45) is 3.54. The number of thioether (sulfide) groups is 1. The van der Waals surface area contributed by atoms with Crippen molar-refractivity contribution in [3.05, 3.63) is 24.3 Å². The molecule has 3 amide bonds. The van der Waals surface area contributed by atoms with Gasteiger partial charge in [-0.25, -0.2) is 4.79 Å². The number of likely N-dealkylation sites (tertiary alicyclic amines) is 1. The first-order valence-corrected chi connectivity index (χ1v) is 9.34. The molecule has 9 heteroatoms. The quantitative estimate of drug-likeness (QED) is 0.772. The molecule has 0 spiro atoms. The zero-order valence-corrected chi connectivity index (χ0v) is 14.8. The average molecular weight is 387 g/mol. The van der Waals surface area contributed by atoms with E-state index in [-0.39, 0.29) is 34.5 Å². The zero-order valence-electron chi connectivity index (χ0n) is 14.0. The molecule has 0 radical (unpaired) electrons. The number of halogens is 3. The summed E-state index contributed by atoms with van der Waals surface area (Å²) in [7, 11) is 0. The first-order valence-electron chi connectivity index (χ1n) is 8.52. The van der Waals surface area contributed by atoms with Crippen LogP contribution in [0, 0.1) is 5.92 Å². The van der Waals surface area contributed by atoms with Crippen molar-refractivity contribution in [2.24, 2.45) is 5.92 Å². The Labute approximate surface area is 153 Å². The molecule has 2 aliphatic rings. The second kappa shape index (κ2) is 7.77. The van der Waals surface area contributed by atoms with Gasteiger partial charge in [-0.3, -0.25) is 4.79 Å². The number of nitrogens with zero attached hydrogens (tertiary/aromatic N) is 1. The summed E-state index contributed by atoms with van der Waals surface area (Å²) < 4.78 is 36.9. The number of urea groups is 1. The molecule has 1 saturated heterocycles. The molecule has 1 saturated carbocycles. The Morgan fingerprint density at radius 1 is 1.12 bits per heavy atom. The number of piperidine rings is 1. The molecule has 1 aliphatic heterocycles. The maximum atomic E-state index is 12.3. The van der Waals surface area contributed by atoms with Crippen LogP contribution in [0.25, 0.3) is 0 Å². The third kappa shape index (κ3) is 5.55. The molecule has 1 aromatic carbocycles. The van der Waals surface area contributed by atoms with Crippen molar-refractivity contribution in [2.45, 2.75) is 42.1 Å². The highest BCUT2D eigenvalue weighted by Gasteiger charge is 2.35. The standard InChI is InChI=1S/C17H20F3N3O2S/c18-17(19,20)26-14-7-5-12(6-8-14)21-16(25)22-13-2-1-9-23(10-13)15(24)11-3-4-11/h5-8,11,13H,1-4,9-10H2,(H2,21,22,25)/t13-/m1/s1. The maximum absolute atomic E-state index is 12.3. The second-order valence-electron chi connectivity index (χ2n) is 6.57. The van der Waals surface area contributed by atoms with E-state index in [2.05, 4.69) is 10.6 Å². The SMILES string of the molecule is O=C(Nc1ccc(SC(F)(F)F)cc1)N[C@@H]1CCCN(C(=O)C2CC2)C1. The van der Waals surface area contributed by atoms with E-state index in [4.69, 9.17) is 0 Å². The highest BCUT2D eigenvalue weighted by Crippen LogP contribution is 2.37.